The number of amides is 1. The molecule has 0 spiro atoms. The van der Waals surface area contributed by atoms with Crippen LogP contribution >= 0.6 is 23.1 Å². The van der Waals surface area contributed by atoms with Gasteiger partial charge in [0.2, 0.25) is 5.91 Å². The number of nitrogens with zero attached hydrogens (tertiary/aromatic N) is 1. The third kappa shape index (κ3) is 4.54. The van der Waals surface area contributed by atoms with Gasteiger partial charge in [-0.1, -0.05) is 72.0 Å². The average molecular weight is 489 g/mol. The van der Waals surface area contributed by atoms with Crippen molar-refractivity contribution < 1.29 is 9.53 Å². The number of thiazole rings is 1. The highest BCUT2D eigenvalue weighted by Crippen LogP contribution is 2.46. The molecule has 2 heterocycles. The number of ether oxygens (including phenoxy) is 1. The number of carbonyl (C=O) groups excluding carboxylic acids is 1. The summed E-state index contributed by atoms with van der Waals surface area (Å²) in [5.74, 6) is 0.810. The number of methoxy groups -OCH3 is 1. The van der Waals surface area contributed by atoms with Gasteiger partial charge in [-0.25, -0.2) is 0 Å². The molecule has 34 heavy (non-hydrogen) atoms. The molecular formula is C27H24N2O3S2. The first-order chi connectivity index (χ1) is 16.6. The molecule has 1 N–H and O–H groups in total. The van der Waals surface area contributed by atoms with Gasteiger partial charge in [0.05, 0.1) is 24.6 Å². The van der Waals surface area contributed by atoms with Gasteiger partial charge in [-0.05, 0) is 35.4 Å². The molecule has 2 atom stereocenters. The van der Waals surface area contributed by atoms with Crippen LogP contribution in [0.5, 0.6) is 5.75 Å². The Morgan fingerprint density at radius 2 is 1.68 bits per heavy atom. The van der Waals surface area contributed by atoms with Crippen molar-refractivity contribution in [2.75, 3.05) is 18.2 Å². The van der Waals surface area contributed by atoms with Crippen LogP contribution < -0.4 is 14.9 Å². The smallest absolute Gasteiger partial charge is 0.308 e. The van der Waals surface area contributed by atoms with Crippen LogP contribution in [0.4, 0.5) is 5.69 Å². The predicted octanol–water partition coefficient (Wildman–Crippen LogP) is 5.46. The molecule has 3 aromatic carbocycles. The van der Waals surface area contributed by atoms with Gasteiger partial charge in [0.15, 0.2) is 0 Å². The highest BCUT2D eigenvalue weighted by Gasteiger charge is 2.39. The molecule has 1 amide bonds. The van der Waals surface area contributed by atoms with Crippen molar-refractivity contribution in [2.45, 2.75) is 17.5 Å². The van der Waals surface area contributed by atoms with E-state index in [0.717, 1.165) is 32.5 Å². The summed E-state index contributed by atoms with van der Waals surface area (Å²) in [7, 11) is 1.62. The second kappa shape index (κ2) is 9.91. The van der Waals surface area contributed by atoms with E-state index >= 15 is 0 Å². The molecule has 4 aromatic rings. The van der Waals surface area contributed by atoms with Crippen molar-refractivity contribution in [1.29, 1.82) is 0 Å². The topological polar surface area (TPSA) is 60.3 Å². The molecule has 0 saturated carbocycles. The van der Waals surface area contributed by atoms with E-state index in [-0.39, 0.29) is 22.6 Å². The van der Waals surface area contributed by atoms with E-state index in [0.29, 0.717) is 12.3 Å². The molecule has 172 valence electrons. The number of fused-ring (bicyclic) bond motifs is 1. The Morgan fingerprint density at radius 1 is 1.00 bits per heavy atom. The van der Waals surface area contributed by atoms with Crippen LogP contribution in [-0.2, 0) is 11.3 Å². The van der Waals surface area contributed by atoms with Crippen LogP contribution in [0, 0.1) is 5.92 Å². The lowest BCUT2D eigenvalue weighted by molar-refractivity contribution is -0.119. The fourth-order valence-electron chi connectivity index (χ4n) is 4.28. The van der Waals surface area contributed by atoms with Crippen LogP contribution in [0.15, 0.2) is 94.7 Å². The largest absolute Gasteiger partial charge is 0.497 e. The maximum absolute atomic E-state index is 13.5. The first-order valence-corrected chi connectivity index (χ1v) is 12.8. The minimum atomic E-state index is -0.301. The summed E-state index contributed by atoms with van der Waals surface area (Å²) in [4.78, 5) is 27.5. The Hall–Kier alpha value is -3.29. The first-order valence-electron chi connectivity index (χ1n) is 11.0. The Labute approximate surface area is 206 Å². The third-order valence-corrected chi connectivity index (χ3v) is 8.43. The zero-order valence-electron chi connectivity index (χ0n) is 18.6. The highest BCUT2D eigenvalue weighted by molar-refractivity contribution is 7.99. The summed E-state index contributed by atoms with van der Waals surface area (Å²) in [5, 5.41) is 4.04. The van der Waals surface area contributed by atoms with Crippen LogP contribution in [0.2, 0.25) is 0 Å². The Kier molecular flexibility index (Phi) is 6.56. The quantitative estimate of drug-likeness (QED) is 0.392. The van der Waals surface area contributed by atoms with Gasteiger partial charge in [-0.3, -0.25) is 14.2 Å². The molecule has 5 nitrogen and oxygen atoms in total. The normalized spacial score (nSPS) is 17.1. The second-order valence-corrected chi connectivity index (χ2v) is 10.1. The first kappa shape index (κ1) is 22.5. The minimum Gasteiger partial charge on any atom is -0.497 e. The Morgan fingerprint density at radius 3 is 2.35 bits per heavy atom. The van der Waals surface area contributed by atoms with Gasteiger partial charge >= 0.3 is 4.87 Å². The molecular weight excluding hydrogens is 464 g/mol. The molecule has 0 bridgehead atoms. The van der Waals surface area contributed by atoms with Crippen molar-refractivity contribution in [3.05, 3.63) is 111 Å². The van der Waals surface area contributed by atoms with E-state index in [1.807, 2.05) is 89.5 Å². The van der Waals surface area contributed by atoms with Crippen LogP contribution in [-0.4, -0.2) is 23.3 Å². The number of carbonyl (C=O) groups is 1. The van der Waals surface area contributed by atoms with Crippen molar-refractivity contribution in [2.24, 2.45) is 5.92 Å². The van der Waals surface area contributed by atoms with E-state index in [2.05, 4.69) is 5.32 Å². The van der Waals surface area contributed by atoms with Crippen molar-refractivity contribution in [1.82, 2.24) is 4.57 Å². The molecule has 0 aliphatic carbocycles. The zero-order valence-corrected chi connectivity index (χ0v) is 20.3. The summed E-state index contributed by atoms with van der Waals surface area (Å²) in [6.45, 7) is 0.530. The fourth-order valence-corrected chi connectivity index (χ4v) is 6.98. The number of thioether (sulfide) groups is 1. The molecule has 7 heteroatoms. The predicted molar refractivity (Wildman–Crippen MR) is 138 cm³/mol. The van der Waals surface area contributed by atoms with Gasteiger partial charge in [0.25, 0.3) is 0 Å². The number of rotatable bonds is 6. The molecule has 5 rings (SSSR count). The summed E-state index contributed by atoms with van der Waals surface area (Å²) in [6.07, 6.45) is 0. The minimum absolute atomic E-state index is 0.0125. The number of hydrogen-bond donors (Lipinski definition) is 1. The van der Waals surface area contributed by atoms with Crippen molar-refractivity contribution in [3.63, 3.8) is 0 Å². The van der Waals surface area contributed by atoms with Crippen LogP contribution in [0.25, 0.3) is 0 Å². The molecule has 0 radical (unpaired) electrons. The van der Waals surface area contributed by atoms with Crippen molar-refractivity contribution in [3.8, 4) is 5.75 Å². The van der Waals surface area contributed by atoms with Crippen LogP contribution in [0.1, 0.15) is 21.9 Å². The third-order valence-electron chi connectivity index (χ3n) is 5.99. The fraction of sp³-hybridized carbons (Fsp3) is 0.185. The number of anilines is 1. The van der Waals surface area contributed by atoms with E-state index in [4.69, 9.17) is 4.74 Å². The molecule has 1 aliphatic rings. The monoisotopic (exact) mass is 488 g/mol. The van der Waals surface area contributed by atoms with Gasteiger partial charge in [-0.15, -0.1) is 11.8 Å². The SMILES string of the molecule is COc1ccc(NC(=O)[C@@H]2CSc3c(sc(=O)n3Cc3ccccc3)[C@@H]2c2ccccc2)cc1. The van der Waals surface area contributed by atoms with Gasteiger partial charge < -0.3 is 10.1 Å². The molecule has 0 unspecified atom stereocenters. The maximum atomic E-state index is 13.5. The summed E-state index contributed by atoms with van der Waals surface area (Å²) >= 11 is 2.86. The average Bonchev–Trinajstić information content (AvgIpc) is 3.19. The number of hydrogen-bond acceptors (Lipinski definition) is 5. The molecule has 0 saturated heterocycles. The van der Waals surface area contributed by atoms with Crippen molar-refractivity contribution >= 4 is 34.7 Å². The second-order valence-electron chi connectivity index (χ2n) is 8.13. The van der Waals surface area contributed by atoms with Gasteiger partial charge in [0, 0.05) is 22.2 Å². The standard InChI is InChI=1S/C27H24N2O3S2/c1-32-21-14-12-20(13-15-21)28-25(30)22-17-33-26-24(23(22)19-10-6-3-7-11-19)34-27(31)29(26)16-18-8-4-2-5-9-18/h2-15,22-23H,16-17H2,1H3,(H,28,30)/t22-,23-/m1/s1. The summed E-state index contributed by atoms with van der Waals surface area (Å²) in [5.41, 5.74) is 2.86. The Bertz CT molecular complexity index is 1330. The van der Waals surface area contributed by atoms with Gasteiger partial charge in [-0.2, -0.15) is 0 Å². The van der Waals surface area contributed by atoms with E-state index < -0.39 is 0 Å². The van der Waals surface area contributed by atoms with E-state index in [1.165, 1.54) is 11.3 Å². The summed E-state index contributed by atoms with van der Waals surface area (Å²) in [6, 6.07) is 27.4. The maximum Gasteiger partial charge on any atom is 0.308 e. The summed E-state index contributed by atoms with van der Waals surface area (Å²) < 4.78 is 7.07. The molecule has 1 aromatic heterocycles. The number of benzene rings is 3. The van der Waals surface area contributed by atoms with Gasteiger partial charge in [0.1, 0.15) is 5.75 Å². The molecule has 1 aliphatic heterocycles. The number of nitrogens with one attached hydrogen (secondary N) is 1. The van der Waals surface area contributed by atoms with E-state index in [1.54, 1.807) is 18.9 Å². The lowest BCUT2D eigenvalue weighted by atomic mass is 9.85. The number of aromatic nitrogens is 1. The lowest BCUT2D eigenvalue weighted by Crippen LogP contribution is -2.33. The molecule has 0 fully saturated rings. The Balaban J connectivity index is 1.49. The van der Waals surface area contributed by atoms with E-state index in [9.17, 15) is 9.59 Å². The zero-order chi connectivity index (χ0) is 23.5. The lowest BCUT2D eigenvalue weighted by Gasteiger charge is -2.31. The highest BCUT2D eigenvalue weighted by atomic mass is 32.2. The van der Waals surface area contributed by atoms with Crippen LogP contribution in [0.3, 0.4) is 0 Å².